The maximum Gasteiger partial charge on any atom is 0.290 e. The predicted octanol–water partition coefficient (Wildman–Crippen LogP) is 3.00. The van der Waals surface area contributed by atoms with E-state index in [4.69, 9.17) is 4.42 Å². The average Bonchev–Trinajstić information content (AvgIpc) is 3.06. The largest absolute Gasteiger partial charge is 0.464 e. The lowest BCUT2D eigenvalue weighted by atomic mass is 10.1. The predicted molar refractivity (Wildman–Crippen MR) is 95.6 cm³/mol. The summed E-state index contributed by atoms with van der Waals surface area (Å²) in [6.45, 7) is 1.62. The van der Waals surface area contributed by atoms with E-state index < -0.39 is 0 Å². The number of benzene rings is 1. The summed E-state index contributed by atoms with van der Waals surface area (Å²) >= 11 is 0.880. The van der Waals surface area contributed by atoms with Gasteiger partial charge < -0.3 is 9.32 Å². The standard InChI is InChI=1S/C18H14N2O4S/c21-16(20-6-1-7-20)5-3-12-10-24-14-4-2-11(8-13(12)14)9-15-17(22)19-18(23)25-15/h2-5,8-10H,1,6-7H2,(H,19,22,23)/b5-3+,15-9-. The van der Waals surface area contributed by atoms with Crippen LogP contribution in [0.15, 0.2) is 39.9 Å². The van der Waals surface area contributed by atoms with E-state index in [0.717, 1.165) is 47.8 Å². The fourth-order valence-corrected chi connectivity index (χ4v) is 3.34. The second kappa shape index (κ2) is 6.25. The molecule has 1 aromatic heterocycles. The van der Waals surface area contributed by atoms with Crippen LogP contribution in [0.4, 0.5) is 4.79 Å². The van der Waals surface area contributed by atoms with E-state index in [0.29, 0.717) is 10.5 Å². The molecule has 7 heteroatoms. The zero-order valence-corrected chi connectivity index (χ0v) is 14.0. The second-order valence-corrected chi connectivity index (χ2v) is 6.83. The van der Waals surface area contributed by atoms with Crippen molar-refractivity contribution in [1.82, 2.24) is 10.2 Å². The highest BCUT2D eigenvalue weighted by Crippen LogP contribution is 2.28. The minimum absolute atomic E-state index is 0.00332. The molecule has 3 amide bonds. The first kappa shape index (κ1) is 15.7. The molecule has 4 rings (SSSR count). The highest BCUT2D eigenvalue weighted by Gasteiger charge is 2.25. The Bertz CT molecular complexity index is 953. The van der Waals surface area contributed by atoms with Crippen molar-refractivity contribution in [1.29, 1.82) is 0 Å². The van der Waals surface area contributed by atoms with Crippen LogP contribution in [-0.2, 0) is 9.59 Å². The van der Waals surface area contributed by atoms with E-state index in [1.165, 1.54) is 0 Å². The number of hydrogen-bond donors (Lipinski definition) is 1. The number of imide groups is 1. The highest BCUT2D eigenvalue weighted by atomic mass is 32.2. The molecule has 2 saturated heterocycles. The average molecular weight is 354 g/mol. The molecule has 6 nitrogen and oxygen atoms in total. The van der Waals surface area contributed by atoms with Crippen molar-refractivity contribution in [3.8, 4) is 0 Å². The summed E-state index contributed by atoms with van der Waals surface area (Å²) in [5.41, 5.74) is 2.27. The van der Waals surface area contributed by atoms with Crippen LogP contribution >= 0.6 is 11.8 Å². The van der Waals surface area contributed by atoms with Gasteiger partial charge in [-0.05, 0) is 48.0 Å². The molecule has 2 fully saturated rings. The molecule has 25 heavy (non-hydrogen) atoms. The first-order chi connectivity index (χ1) is 12.1. The number of likely N-dealkylation sites (tertiary alicyclic amines) is 1. The van der Waals surface area contributed by atoms with Crippen molar-refractivity contribution >= 4 is 51.9 Å². The Balaban J connectivity index is 1.62. The fourth-order valence-electron chi connectivity index (χ4n) is 2.66. The van der Waals surface area contributed by atoms with Crippen LogP contribution in [0.3, 0.4) is 0 Å². The number of hydrogen-bond acceptors (Lipinski definition) is 5. The van der Waals surface area contributed by atoms with Crippen LogP contribution in [-0.4, -0.2) is 35.0 Å². The molecule has 0 atom stereocenters. The van der Waals surface area contributed by atoms with Crippen molar-refractivity contribution in [3.05, 3.63) is 46.6 Å². The van der Waals surface area contributed by atoms with Gasteiger partial charge in [-0.15, -0.1) is 0 Å². The third-order valence-electron chi connectivity index (χ3n) is 4.14. The number of furan rings is 1. The lowest BCUT2D eigenvalue weighted by Gasteiger charge is -2.29. The summed E-state index contributed by atoms with van der Waals surface area (Å²) in [5.74, 6) is -0.390. The quantitative estimate of drug-likeness (QED) is 0.857. The number of rotatable bonds is 3. The van der Waals surface area contributed by atoms with Gasteiger partial charge >= 0.3 is 0 Å². The SMILES string of the molecule is O=C1NC(=O)/C(=C/c2ccc3occ(/C=C/C(=O)N4CCC4)c3c2)S1. The summed E-state index contributed by atoms with van der Waals surface area (Å²) in [6.07, 6.45) is 7.61. The summed E-state index contributed by atoms with van der Waals surface area (Å²) in [4.78, 5) is 37.0. The van der Waals surface area contributed by atoms with E-state index in [2.05, 4.69) is 5.32 Å². The van der Waals surface area contributed by atoms with Crippen molar-refractivity contribution in [3.63, 3.8) is 0 Å². The number of fused-ring (bicyclic) bond motifs is 1. The normalized spacial score (nSPS) is 19.0. The number of carbonyl (C=O) groups is 3. The minimum atomic E-state index is -0.387. The van der Waals surface area contributed by atoms with Gasteiger partial charge in [-0.3, -0.25) is 19.7 Å². The molecule has 2 aromatic rings. The lowest BCUT2D eigenvalue weighted by Crippen LogP contribution is -2.40. The zero-order valence-electron chi connectivity index (χ0n) is 13.2. The van der Waals surface area contributed by atoms with Crippen LogP contribution in [0.25, 0.3) is 23.1 Å². The van der Waals surface area contributed by atoms with Crippen molar-refractivity contribution in [2.24, 2.45) is 0 Å². The van der Waals surface area contributed by atoms with Crippen molar-refractivity contribution < 1.29 is 18.8 Å². The van der Waals surface area contributed by atoms with Gasteiger partial charge in [-0.1, -0.05) is 6.07 Å². The topological polar surface area (TPSA) is 79.6 Å². The molecule has 3 heterocycles. The summed E-state index contributed by atoms with van der Waals surface area (Å²) in [6, 6.07) is 5.49. The molecule has 0 unspecified atom stereocenters. The van der Waals surface area contributed by atoms with Gasteiger partial charge in [0.1, 0.15) is 5.58 Å². The van der Waals surface area contributed by atoms with E-state index in [1.807, 2.05) is 12.1 Å². The first-order valence-corrected chi connectivity index (χ1v) is 8.65. The summed E-state index contributed by atoms with van der Waals surface area (Å²) in [5, 5.41) is 2.71. The van der Waals surface area contributed by atoms with Gasteiger partial charge in [-0.25, -0.2) is 0 Å². The van der Waals surface area contributed by atoms with Gasteiger partial charge in [0.2, 0.25) is 5.91 Å². The Morgan fingerprint density at radius 3 is 2.80 bits per heavy atom. The molecule has 0 bridgehead atoms. The van der Waals surface area contributed by atoms with Crippen LogP contribution in [0.1, 0.15) is 17.5 Å². The molecular weight excluding hydrogens is 340 g/mol. The van der Waals surface area contributed by atoms with E-state index in [1.54, 1.807) is 35.5 Å². The Kier molecular flexibility index (Phi) is 3.93. The monoisotopic (exact) mass is 354 g/mol. The Morgan fingerprint density at radius 2 is 2.12 bits per heavy atom. The molecule has 2 aliphatic heterocycles. The van der Waals surface area contributed by atoms with Crippen LogP contribution in [0.2, 0.25) is 0 Å². The van der Waals surface area contributed by atoms with Gasteiger partial charge in [-0.2, -0.15) is 0 Å². The molecule has 1 N–H and O–H groups in total. The maximum atomic E-state index is 11.9. The van der Waals surface area contributed by atoms with Crippen LogP contribution in [0, 0.1) is 0 Å². The van der Waals surface area contributed by atoms with Crippen molar-refractivity contribution in [2.45, 2.75) is 6.42 Å². The maximum absolute atomic E-state index is 11.9. The Labute approximate surface area is 147 Å². The van der Waals surface area contributed by atoms with Crippen molar-refractivity contribution in [2.75, 3.05) is 13.1 Å². The molecule has 0 aliphatic carbocycles. The van der Waals surface area contributed by atoms with Gasteiger partial charge in [0.25, 0.3) is 11.1 Å². The van der Waals surface area contributed by atoms with Crippen LogP contribution < -0.4 is 5.32 Å². The molecule has 0 saturated carbocycles. The molecule has 126 valence electrons. The number of carbonyl (C=O) groups excluding carboxylic acids is 3. The van der Waals surface area contributed by atoms with E-state index in [-0.39, 0.29) is 17.1 Å². The Hall–Kier alpha value is -2.80. The molecular formula is C18H14N2O4S. The number of nitrogens with zero attached hydrogens (tertiary/aromatic N) is 1. The Morgan fingerprint density at radius 1 is 1.28 bits per heavy atom. The summed E-state index contributed by atoms with van der Waals surface area (Å²) in [7, 11) is 0. The second-order valence-electron chi connectivity index (χ2n) is 5.81. The minimum Gasteiger partial charge on any atom is -0.464 e. The third kappa shape index (κ3) is 3.10. The van der Waals surface area contributed by atoms with Gasteiger partial charge in [0.15, 0.2) is 0 Å². The number of thioether (sulfide) groups is 1. The van der Waals surface area contributed by atoms with Gasteiger partial charge in [0, 0.05) is 30.1 Å². The van der Waals surface area contributed by atoms with Crippen LogP contribution in [0.5, 0.6) is 0 Å². The van der Waals surface area contributed by atoms with Gasteiger partial charge in [0.05, 0.1) is 11.2 Å². The van der Waals surface area contributed by atoms with E-state index in [9.17, 15) is 14.4 Å². The molecule has 0 radical (unpaired) electrons. The summed E-state index contributed by atoms with van der Waals surface area (Å²) < 4.78 is 5.51. The smallest absolute Gasteiger partial charge is 0.290 e. The number of amides is 3. The molecule has 2 aliphatic rings. The first-order valence-electron chi connectivity index (χ1n) is 7.83. The zero-order chi connectivity index (χ0) is 17.4. The fraction of sp³-hybridized carbons (Fsp3) is 0.167. The lowest BCUT2D eigenvalue weighted by molar-refractivity contribution is -0.129. The van der Waals surface area contributed by atoms with E-state index >= 15 is 0 Å². The highest BCUT2D eigenvalue weighted by molar-refractivity contribution is 8.18. The molecule has 1 aromatic carbocycles. The molecule has 0 spiro atoms. The third-order valence-corrected chi connectivity index (χ3v) is 4.95. The number of nitrogens with one attached hydrogen (secondary N) is 1.